The molecule has 0 spiro atoms. The van der Waals surface area contributed by atoms with Crippen molar-refractivity contribution < 1.29 is 9.59 Å². The summed E-state index contributed by atoms with van der Waals surface area (Å²) in [7, 11) is 0. The number of rotatable bonds is 3. The second-order valence-corrected chi connectivity index (χ2v) is 6.33. The van der Waals surface area contributed by atoms with Crippen molar-refractivity contribution >= 4 is 17.1 Å². The Balaban J connectivity index is 2.22. The predicted octanol–water partition coefficient (Wildman–Crippen LogP) is 3.97. The Hall–Kier alpha value is -1.96. The van der Waals surface area contributed by atoms with Crippen LogP contribution < -0.4 is 0 Å². The molecule has 1 aromatic carbocycles. The van der Waals surface area contributed by atoms with Crippen LogP contribution >= 0.6 is 0 Å². The van der Waals surface area contributed by atoms with Gasteiger partial charge in [0, 0.05) is 12.0 Å². The number of carbonyl (C=O) groups is 2. The fraction of sp³-hybridized carbons (Fsp3) is 0.333. The molecule has 0 amide bonds. The molecule has 0 radical (unpaired) electrons. The summed E-state index contributed by atoms with van der Waals surface area (Å²) in [4.78, 5) is 24.8. The maximum Gasteiger partial charge on any atom is 0.196 e. The molecule has 0 aromatic heterocycles. The zero-order valence-corrected chi connectivity index (χ0v) is 12.3. The van der Waals surface area contributed by atoms with Crippen molar-refractivity contribution in [3.8, 4) is 0 Å². The molecule has 0 heterocycles. The molecular formula is C18H20O2. The Labute approximate surface area is 120 Å². The number of ketones is 2. The van der Waals surface area contributed by atoms with Crippen molar-refractivity contribution in [1.29, 1.82) is 0 Å². The zero-order chi connectivity index (χ0) is 14.8. The minimum Gasteiger partial charge on any atom is -0.294 e. The van der Waals surface area contributed by atoms with Crippen LogP contribution in [-0.2, 0) is 9.59 Å². The van der Waals surface area contributed by atoms with Crippen LogP contribution in [0.1, 0.15) is 39.2 Å². The summed E-state index contributed by atoms with van der Waals surface area (Å²) in [5.41, 5.74) is 1.77. The lowest BCUT2D eigenvalue weighted by Gasteiger charge is -2.19. The van der Waals surface area contributed by atoms with Crippen LogP contribution in [-0.4, -0.2) is 11.6 Å². The summed E-state index contributed by atoms with van der Waals surface area (Å²) in [6.07, 6.45) is 4.68. The largest absolute Gasteiger partial charge is 0.294 e. The highest BCUT2D eigenvalue weighted by Gasteiger charge is 2.27. The van der Waals surface area contributed by atoms with Crippen molar-refractivity contribution in [2.45, 2.75) is 33.6 Å². The van der Waals surface area contributed by atoms with Crippen LogP contribution in [0.3, 0.4) is 0 Å². The van der Waals surface area contributed by atoms with Gasteiger partial charge in [-0.2, -0.15) is 0 Å². The first kappa shape index (κ1) is 14.4. The lowest BCUT2D eigenvalue weighted by Crippen LogP contribution is -2.21. The molecule has 2 rings (SSSR count). The number of benzene rings is 1. The smallest absolute Gasteiger partial charge is 0.196 e. The van der Waals surface area contributed by atoms with Gasteiger partial charge in [-0.3, -0.25) is 9.59 Å². The first-order chi connectivity index (χ1) is 9.38. The normalized spacial score (nSPS) is 15.7. The summed E-state index contributed by atoms with van der Waals surface area (Å²) in [6.45, 7) is 6.02. The minimum absolute atomic E-state index is 0.0518. The average Bonchev–Trinajstić information content (AvgIpc) is 2.38. The van der Waals surface area contributed by atoms with Crippen LogP contribution in [0.2, 0.25) is 0 Å². The maximum atomic E-state index is 12.5. The molecule has 0 N–H and O–H groups in total. The molecule has 0 saturated carbocycles. The van der Waals surface area contributed by atoms with Gasteiger partial charge in [0.1, 0.15) is 0 Å². The number of hydrogen-bond acceptors (Lipinski definition) is 2. The van der Waals surface area contributed by atoms with Gasteiger partial charge < -0.3 is 0 Å². The lowest BCUT2D eigenvalue weighted by molar-refractivity contribution is -0.120. The van der Waals surface area contributed by atoms with Crippen LogP contribution in [0.15, 0.2) is 48.1 Å². The molecule has 0 unspecified atom stereocenters. The quantitative estimate of drug-likeness (QED) is 0.777. The third-order valence-electron chi connectivity index (χ3n) is 3.21. The number of carbonyl (C=O) groups excluding carboxylic acids is 2. The fourth-order valence-corrected chi connectivity index (χ4v) is 2.31. The van der Waals surface area contributed by atoms with Crippen LogP contribution in [0.4, 0.5) is 0 Å². The molecule has 2 heteroatoms. The summed E-state index contributed by atoms with van der Waals surface area (Å²) in [6, 6.07) is 9.53. The molecule has 1 aliphatic rings. The van der Waals surface area contributed by atoms with Crippen molar-refractivity contribution in [2.75, 3.05) is 0 Å². The fourth-order valence-electron chi connectivity index (χ4n) is 2.31. The van der Waals surface area contributed by atoms with E-state index in [1.54, 1.807) is 6.08 Å². The SMILES string of the molecule is CC(C)(C)CC(=O)C1=CCC=C(c2ccccc2)C1=O. The number of Topliss-reactive ketones (excluding diaryl/α,β-unsaturated/α-hetero) is 2. The van der Waals surface area contributed by atoms with Gasteiger partial charge in [0.15, 0.2) is 11.6 Å². The third-order valence-corrected chi connectivity index (χ3v) is 3.21. The van der Waals surface area contributed by atoms with E-state index in [-0.39, 0.29) is 17.0 Å². The Morgan fingerprint density at radius 1 is 1.10 bits per heavy atom. The van der Waals surface area contributed by atoms with Gasteiger partial charge in [-0.1, -0.05) is 63.3 Å². The van der Waals surface area contributed by atoms with Crippen molar-refractivity contribution in [3.63, 3.8) is 0 Å². The van der Waals surface area contributed by atoms with E-state index < -0.39 is 0 Å². The number of hydrogen-bond donors (Lipinski definition) is 0. The molecule has 1 aromatic rings. The Morgan fingerprint density at radius 3 is 2.35 bits per heavy atom. The summed E-state index contributed by atoms with van der Waals surface area (Å²) >= 11 is 0. The van der Waals surface area contributed by atoms with Crippen molar-refractivity contribution in [1.82, 2.24) is 0 Å². The van der Waals surface area contributed by atoms with E-state index in [1.165, 1.54) is 0 Å². The van der Waals surface area contributed by atoms with E-state index in [9.17, 15) is 9.59 Å². The standard InChI is InChI=1S/C18H20O2/c1-18(2,3)12-16(19)15-11-7-10-14(17(15)20)13-8-5-4-6-9-13/h4-6,8-11H,7,12H2,1-3H3. The maximum absolute atomic E-state index is 12.5. The Kier molecular flexibility index (Phi) is 4.03. The molecule has 20 heavy (non-hydrogen) atoms. The highest BCUT2D eigenvalue weighted by Crippen LogP contribution is 2.28. The van der Waals surface area contributed by atoms with Gasteiger partial charge in [-0.15, -0.1) is 0 Å². The monoisotopic (exact) mass is 268 g/mol. The van der Waals surface area contributed by atoms with E-state index in [2.05, 4.69) is 0 Å². The molecule has 0 fully saturated rings. The van der Waals surface area contributed by atoms with Gasteiger partial charge in [0.2, 0.25) is 0 Å². The van der Waals surface area contributed by atoms with E-state index in [0.29, 0.717) is 24.0 Å². The van der Waals surface area contributed by atoms with Crippen molar-refractivity contribution in [2.24, 2.45) is 5.41 Å². The summed E-state index contributed by atoms with van der Waals surface area (Å²) in [5.74, 6) is -0.194. The summed E-state index contributed by atoms with van der Waals surface area (Å²) < 4.78 is 0. The average molecular weight is 268 g/mol. The van der Waals surface area contributed by atoms with Crippen LogP contribution in [0.5, 0.6) is 0 Å². The first-order valence-corrected chi connectivity index (χ1v) is 6.92. The second kappa shape index (κ2) is 5.58. The second-order valence-electron chi connectivity index (χ2n) is 6.33. The van der Waals surface area contributed by atoms with Crippen LogP contribution in [0.25, 0.3) is 5.57 Å². The highest BCUT2D eigenvalue weighted by atomic mass is 16.1. The molecule has 0 aliphatic heterocycles. The van der Waals surface area contributed by atoms with Gasteiger partial charge in [0.05, 0.1) is 5.57 Å². The minimum atomic E-state index is -0.142. The topological polar surface area (TPSA) is 34.1 Å². The first-order valence-electron chi connectivity index (χ1n) is 6.92. The van der Waals surface area contributed by atoms with Gasteiger partial charge in [-0.05, 0) is 17.4 Å². The van der Waals surface area contributed by atoms with E-state index in [0.717, 1.165) is 5.56 Å². The van der Waals surface area contributed by atoms with Gasteiger partial charge in [0.25, 0.3) is 0 Å². The molecule has 2 nitrogen and oxygen atoms in total. The predicted molar refractivity (Wildman–Crippen MR) is 81.2 cm³/mol. The molecule has 104 valence electrons. The highest BCUT2D eigenvalue weighted by molar-refractivity contribution is 6.38. The van der Waals surface area contributed by atoms with E-state index in [4.69, 9.17) is 0 Å². The number of allylic oxidation sites excluding steroid dienone is 4. The lowest BCUT2D eigenvalue weighted by atomic mass is 9.83. The molecule has 1 aliphatic carbocycles. The van der Waals surface area contributed by atoms with Crippen LogP contribution in [0, 0.1) is 5.41 Å². The van der Waals surface area contributed by atoms with Gasteiger partial charge >= 0.3 is 0 Å². The molecule has 0 saturated heterocycles. The Morgan fingerprint density at radius 2 is 1.75 bits per heavy atom. The molecule has 0 bridgehead atoms. The Bertz CT molecular complexity index is 584. The molecular weight excluding hydrogens is 248 g/mol. The van der Waals surface area contributed by atoms with E-state index >= 15 is 0 Å². The summed E-state index contributed by atoms with van der Waals surface area (Å²) in [5, 5.41) is 0. The molecule has 0 atom stereocenters. The van der Waals surface area contributed by atoms with Gasteiger partial charge in [-0.25, -0.2) is 0 Å². The van der Waals surface area contributed by atoms with Crippen molar-refractivity contribution in [3.05, 3.63) is 53.6 Å². The van der Waals surface area contributed by atoms with E-state index in [1.807, 2.05) is 57.2 Å². The third kappa shape index (κ3) is 3.32. The zero-order valence-electron chi connectivity index (χ0n) is 12.3.